The number of hydrogen-bond donors (Lipinski definition) is 2. The van der Waals surface area contributed by atoms with Gasteiger partial charge < -0.3 is 10.6 Å². The molecule has 6 heteroatoms. The fourth-order valence-electron chi connectivity index (χ4n) is 2.33. The van der Waals surface area contributed by atoms with E-state index in [-0.39, 0.29) is 18.3 Å². The Kier molecular flexibility index (Phi) is 7.67. The summed E-state index contributed by atoms with van der Waals surface area (Å²) in [5, 5.41) is 7.50. The first kappa shape index (κ1) is 17.6. The third kappa shape index (κ3) is 5.88. The van der Waals surface area contributed by atoms with Gasteiger partial charge in [0.25, 0.3) is 0 Å². The molecule has 1 amide bonds. The molecule has 2 N–H and O–H groups in total. The quantitative estimate of drug-likeness (QED) is 0.866. The van der Waals surface area contributed by atoms with Crippen LogP contribution in [0.25, 0.3) is 0 Å². The molecule has 3 nitrogen and oxygen atoms in total. The van der Waals surface area contributed by atoms with E-state index in [0.717, 1.165) is 24.9 Å². The first-order valence-corrected chi connectivity index (χ1v) is 7.34. The smallest absolute Gasteiger partial charge is 0.221 e. The zero-order valence-corrected chi connectivity index (χ0v) is 13.5. The summed E-state index contributed by atoms with van der Waals surface area (Å²) in [6.45, 7) is 1.64. The van der Waals surface area contributed by atoms with Crippen LogP contribution in [0.15, 0.2) is 18.2 Å². The van der Waals surface area contributed by atoms with Gasteiger partial charge in [0.15, 0.2) is 0 Å². The largest absolute Gasteiger partial charge is 0.356 e. The maximum absolute atomic E-state index is 11.7. The molecule has 0 bridgehead atoms. The molecule has 20 heavy (non-hydrogen) atoms. The molecule has 1 aromatic carbocycles. The van der Waals surface area contributed by atoms with Crippen molar-refractivity contribution in [3.8, 4) is 0 Å². The number of amides is 1. The van der Waals surface area contributed by atoms with Gasteiger partial charge in [-0.2, -0.15) is 0 Å². The fraction of sp³-hybridized carbons (Fsp3) is 0.500. The molecule has 0 radical (unpaired) electrons. The highest BCUT2D eigenvalue weighted by atomic mass is 35.5. The minimum absolute atomic E-state index is 0. The Balaban J connectivity index is 0.00000200. The van der Waals surface area contributed by atoms with E-state index in [1.165, 1.54) is 6.42 Å². The number of carbonyl (C=O) groups is 1. The van der Waals surface area contributed by atoms with Crippen LogP contribution >= 0.6 is 35.6 Å². The molecule has 1 atom stereocenters. The van der Waals surface area contributed by atoms with Gasteiger partial charge in [-0.25, -0.2) is 0 Å². The van der Waals surface area contributed by atoms with Gasteiger partial charge >= 0.3 is 0 Å². The molecule has 1 unspecified atom stereocenters. The molecule has 1 heterocycles. The number of carbonyl (C=O) groups excluding carboxylic acids is 1. The number of nitrogens with one attached hydrogen (secondary N) is 2. The maximum Gasteiger partial charge on any atom is 0.221 e. The molecule has 0 aliphatic carbocycles. The highest BCUT2D eigenvalue weighted by molar-refractivity contribution is 6.34. The van der Waals surface area contributed by atoms with Gasteiger partial charge in [0.1, 0.15) is 0 Å². The van der Waals surface area contributed by atoms with Crippen molar-refractivity contribution in [2.75, 3.05) is 13.1 Å². The minimum Gasteiger partial charge on any atom is -0.356 e. The van der Waals surface area contributed by atoms with Gasteiger partial charge in [0.2, 0.25) is 5.91 Å². The van der Waals surface area contributed by atoms with Crippen LogP contribution < -0.4 is 10.6 Å². The van der Waals surface area contributed by atoms with Crippen LogP contribution in [0.3, 0.4) is 0 Å². The number of rotatable bonds is 5. The molecule has 1 aliphatic heterocycles. The van der Waals surface area contributed by atoms with Gasteiger partial charge in [-0.3, -0.25) is 4.79 Å². The Hall–Kier alpha value is -0.480. The minimum atomic E-state index is 0. The normalized spacial score (nSPS) is 17.6. The third-order valence-corrected chi connectivity index (χ3v) is 3.69. The Bertz CT molecular complexity index is 428. The van der Waals surface area contributed by atoms with E-state index < -0.39 is 0 Å². The summed E-state index contributed by atoms with van der Waals surface area (Å²) in [5.41, 5.74) is 1.04. The van der Waals surface area contributed by atoms with Crippen molar-refractivity contribution in [3.63, 3.8) is 0 Å². The second kappa shape index (κ2) is 8.73. The van der Waals surface area contributed by atoms with Gasteiger partial charge in [0.05, 0.1) is 0 Å². The topological polar surface area (TPSA) is 41.1 Å². The van der Waals surface area contributed by atoms with Crippen LogP contribution in [-0.2, 0) is 11.2 Å². The van der Waals surface area contributed by atoms with Crippen molar-refractivity contribution >= 4 is 41.5 Å². The molecule has 0 spiro atoms. The summed E-state index contributed by atoms with van der Waals surface area (Å²) in [5.74, 6) is 0.104. The van der Waals surface area contributed by atoms with Crippen LogP contribution in [-0.4, -0.2) is 25.0 Å². The van der Waals surface area contributed by atoms with Gasteiger partial charge in [0, 0.05) is 29.1 Å². The summed E-state index contributed by atoms with van der Waals surface area (Å²) < 4.78 is 0. The van der Waals surface area contributed by atoms with Crippen molar-refractivity contribution < 1.29 is 4.79 Å². The fourth-order valence-corrected chi connectivity index (χ4v) is 2.90. The highest BCUT2D eigenvalue weighted by Crippen LogP contribution is 2.19. The van der Waals surface area contributed by atoms with E-state index in [1.807, 2.05) is 12.1 Å². The number of benzene rings is 1. The van der Waals surface area contributed by atoms with Crippen LogP contribution in [0.2, 0.25) is 10.0 Å². The Morgan fingerprint density at radius 3 is 2.60 bits per heavy atom. The van der Waals surface area contributed by atoms with Crippen molar-refractivity contribution in [2.24, 2.45) is 0 Å². The van der Waals surface area contributed by atoms with Crippen LogP contribution in [0.1, 0.15) is 24.8 Å². The monoisotopic (exact) mass is 336 g/mol. The van der Waals surface area contributed by atoms with Gasteiger partial charge in [-0.05, 0) is 49.6 Å². The molecule has 0 saturated carbocycles. The average molecular weight is 338 g/mol. The van der Waals surface area contributed by atoms with E-state index in [9.17, 15) is 4.79 Å². The number of hydrogen-bond acceptors (Lipinski definition) is 2. The van der Waals surface area contributed by atoms with Gasteiger partial charge in [-0.1, -0.05) is 23.2 Å². The summed E-state index contributed by atoms with van der Waals surface area (Å²) in [6, 6.07) is 5.80. The highest BCUT2D eigenvalue weighted by Gasteiger charge is 2.17. The lowest BCUT2D eigenvalue weighted by atomic mass is 10.1. The van der Waals surface area contributed by atoms with E-state index >= 15 is 0 Å². The zero-order valence-electron chi connectivity index (χ0n) is 11.1. The molecule has 1 aliphatic rings. The molecule has 1 aromatic rings. The number of halogens is 3. The van der Waals surface area contributed by atoms with Crippen molar-refractivity contribution in [1.82, 2.24) is 10.6 Å². The van der Waals surface area contributed by atoms with Crippen molar-refractivity contribution in [2.45, 2.75) is 31.7 Å². The van der Waals surface area contributed by atoms with Crippen LogP contribution in [0.5, 0.6) is 0 Å². The van der Waals surface area contributed by atoms with E-state index in [2.05, 4.69) is 10.6 Å². The molecule has 2 rings (SSSR count). The average Bonchev–Trinajstić information content (AvgIpc) is 2.80. The molecular weight excluding hydrogens is 319 g/mol. The SMILES string of the molecule is Cl.O=C(CC1CCCN1)NCCc1cc(Cl)cc(Cl)c1. The second-order valence-corrected chi connectivity index (χ2v) is 5.75. The summed E-state index contributed by atoms with van der Waals surface area (Å²) in [7, 11) is 0. The predicted molar refractivity (Wildman–Crippen MR) is 86.1 cm³/mol. The molecule has 1 saturated heterocycles. The molecule has 0 aromatic heterocycles. The zero-order chi connectivity index (χ0) is 13.7. The standard InChI is InChI=1S/C14H18Cl2N2O.ClH/c15-11-6-10(7-12(16)8-11)3-5-18-14(19)9-13-2-1-4-17-13;/h6-8,13,17H,1-5,9H2,(H,18,19);1H. The second-order valence-electron chi connectivity index (χ2n) is 4.88. The van der Waals surface area contributed by atoms with E-state index in [1.54, 1.807) is 6.07 Å². The predicted octanol–water partition coefficient (Wildman–Crippen LogP) is 3.22. The first-order chi connectivity index (χ1) is 9.13. The lowest BCUT2D eigenvalue weighted by molar-refractivity contribution is -0.121. The van der Waals surface area contributed by atoms with Crippen LogP contribution in [0.4, 0.5) is 0 Å². The Morgan fingerprint density at radius 2 is 2.00 bits per heavy atom. The Labute approximate surface area is 135 Å². The lowest BCUT2D eigenvalue weighted by Crippen LogP contribution is -2.32. The van der Waals surface area contributed by atoms with Gasteiger partial charge in [-0.15, -0.1) is 12.4 Å². The summed E-state index contributed by atoms with van der Waals surface area (Å²) >= 11 is 11.8. The van der Waals surface area contributed by atoms with E-state index in [4.69, 9.17) is 23.2 Å². The summed E-state index contributed by atoms with van der Waals surface area (Å²) in [4.78, 5) is 11.7. The third-order valence-electron chi connectivity index (χ3n) is 3.25. The summed E-state index contributed by atoms with van der Waals surface area (Å²) in [6.07, 6.45) is 3.57. The lowest BCUT2D eigenvalue weighted by Gasteiger charge is -2.10. The first-order valence-electron chi connectivity index (χ1n) is 6.58. The molecular formula is C14H19Cl3N2O. The maximum atomic E-state index is 11.7. The van der Waals surface area contributed by atoms with Crippen molar-refractivity contribution in [3.05, 3.63) is 33.8 Å². The van der Waals surface area contributed by atoms with Crippen LogP contribution in [0, 0.1) is 0 Å². The molecule has 112 valence electrons. The molecule has 1 fully saturated rings. The van der Waals surface area contributed by atoms with E-state index in [0.29, 0.717) is 29.1 Å². The van der Waals surface area contributed by atoms with Crippen molar-refractivity contribution in [1.29, 1.82) is 0 Å². The Morgan fingerprint density at radius 1 is 1.30 bits per heavy atom.